The molecule has 0 atom stereocenters. The molecule has 0 fully saturated rings. The maximum atomic E-state index is 13.2. The fourth-order valence-electron chi connectivity index (χ4n) is 2.69. The second-order valence-electron chi connectivity index (χ2n) is 7.36. The first-order chi connectivity index (χ1) is 14.2. The molecule has 170 valence electrons. The summed E-state index contributed by atoms with van der Waals surface area (Å²) in [7, 11) is 0. The van der Waals surface area contributed by atoms with E-state index in [2.05, 4.69) is 5.32 Å². The van der Waals surface area contributed by atoms with Crippen LogP contribution >= 0.6 is 0 Å². The minimum atomic E-state index is -4.90. The van der Waals surface area contributed by atoms with Crippen LogP contribution in [-0.4, -0.2) is 23.2 Å². The molecule has 0 aliphatic carbocycles. The Morgan fingerprint density at radius 3 is 2.10 bits per heavy atom. The largest absolute Gasteiger partial charge is 0.478 e. The third-order valence-corrected chi connectivity index (χ3v) is 4.46. The van der Waals surface area contributed by atoms with E-state index in [1.54, 1.807) is 24.3 Å². The van der Waals surface area contributed by atoms with Gasteiger partial charge in [0.2, 0.25) is 0 Å². The summed E-state index contributed by atoms with van der Waals surface area (Å²) in [6, 6.07) is 8.12. The van der Waals surface area contributed by atoms with E-state index >= 15 is 0 Å². The fourth-order valence-corrected chi connectivity index (χ4v) is 2.69. The lowest BCUT2D eigenvalue weighted by atomic mass is 10.0. The van der Waals surface area contributed by atoms with Gasteiger partial charge in [-0.1, -0.05) is 18.2 Å². The molecule has 2 rings (SSSR count). The van der Waals surface area contributed by atoms with Gasteiger partial charge in [-0.25, -0.2) is 4.79 Å². The highest BCUT2D eigenvalue weighted by molar-refractivity contribution is 5.76. The molecular formula is C21H21F6NO3. The second kappa shape index (κ2) is 9.17. The Kier molecular flexibility index (Phi) is 7.25. The van der Waals surface area contributed by atoms with Crippen LogP contribution < -0.4 is 10.1 Å². The summed E-state index contributed by atoms with van der Waals surface area (Å²) in [6.07, 6.45) is -9.33. The molecule has 2 N–H and O–H groups in total. The van der Waals surface area contributed by atoms with Gasteiger partial charge in [0.15, 0.2) is 5.60 Å². The summed E-state index contributed by atoms with van der Waals surface area (Å²) in [5.74, 6) is -0.772. The van der Waals surface area contributed by atoms with Crippen molar-refractivity contribution in [2.24, 2.45) is 0 Å². The third kappa shape index (κ3) is 6.88. The van der Waals surface area contributed by atoms with E-state index in [4.69, 9.17) is 9.84 Å². The summed E-state index contributed by atoms with van der Waals surface area (Å²) in [5, 5.41) is 11.9. The van der Waals surface area contributed by atoms with Crippen LogP contribution in [0.1, 0.15) is 36.1 Å². The number of aliphatic carboxylic acids is 1. The number of hydrogen-bond donors (Lipinski definition) is 2. The second-order valence-corrected chi connectivity index (χ2v) is 7.36. The number of ether oxygens (including phenoxy) is 1. The van der Waals surface area contributed by atoms with Gasteiger partial charge in [-0.3, -0.25) is 0 Å². The zero-order chi connectivity index (χ0) is 23.4. The van der Waals surface area contributed by atoms with Crippen LogP contribution in [0.25, 0.3) is 0 Å². The highest BCUT2D eigenvalue weighted by Crippen LogP contribution is 2.37. The first-order valence-electron chi connectivity index (χ1n) is 9.19. The summed E-state index contributed by atoms with van der Waals surface area (Å²) in [6.45, 7) is 2.84. The third-order valence-electron chi connectivity index (χ3n) is 4.46. The first-order valence-corrected chi connectivity index (χ1v) is 9.19. The molecule has 2 aromatic carbocycles. The summed E-state index contributed by atoms with van der Waals surface area (Å²) >= 11 is 0. The predicted octanol–water partition coefficient (Wildman–Crippen LogP) is 5.30. The number of halogens is 6. The highest BCUT2D eigenvalue weighted by Gasteiger charge is 2.37. The summed E-state index contributed by atoms with van der Waals surface area (Å²) < 4.78 is 83.0. The van der Waals surface area contributed by atoms with Gasteiger partial charge >= 0.3 is 18.3 Å². The van der Waals surface area contributed by atoms with Crippen molar-refractivity contribution in [1.29, 1.82) is 0 Å². The van der Waals surface area contributed by atoms with Crippen LogP contribution in [0, 0.1) is 0 Å². The predicted molar refractivity (Wildman–Crippen MR) is 101 cm³/mol. The molecule has 0 unspecified atom stereocenters. The molecule has 10 heteroatoms. The molecule has 0 spiro atoms. The van der Waals surface area contributed by atoms with Crippen molar-refractivity contribution in [3.05, 3.63) is 64.7 Å². The molecule has 0 heterocycles. The van der Waals surface area contributed by atoms with E-state index in [0.29, 0.717) is 18.2 Å². The number of hydrogen-bond acceptors (Lipinski definition) is 3. The van der Waals surface area contributed by atoms with Crippen LogP contribution in [0.4, 0.5) is 26.3 Å². The van der Waals surface area contributed by atoms with Crippen molar-refractivity contribution in [1.82, 2.24) is 5.32 Å². The number of carbonyl (C=O) groups is 1. The zero-order valence-corrected chi connectivity index (χ0v) is 16.7. The van der Waals surface area contributed by atoms with Crippen LogP contribution in [0.2, 0.25) is 0 Å². The lowest BCUT2D eigenvalue weighted by Crippen LogP contribution is -2.37. The topological polar surface area (TPSA) is 58.6 Å². The van der Waals surface area contributed by atoms with Gasteiger partial charge in [0.25, 0.3) is 0 Å². The van der Waals surface area contributed by atoms with Crippen LogP contribution in [-0.2, 0) is 30.1 Å². The maximum Gasteiger partial charge on any atom is 0.416 e. The Hall–Kier alpha value is -2.75. The molecule has 0 bridgehead atoms. The molecular weight excluding hydrogens is 428 g/mol. The molecule has 0 aliphatic rings. The number of benzene rings is 2. The molecule has 31 heavy (non-hydrogen) atoms. The van der Waals surface area contributed by atoms with E-state index in [-0.39, 0.29) is 24.7 Å². The number of rotatable bonds is 8. The molecule has 0 saturated carbocycles. The Bertz CT molecular complexity index is 905. The Morgan fingerprint density at radius 2 is 1.58 bits per heavy atom. The van der Waals surface area contributed by atoms with Gasteiger partial charge in [0, 0.05) is 6.54 Å². The fraction of sp³-hybridized carbons (Fsp3) is 0.381. The minimum absolute atomic E-state index is 0.119. The molecule has 0 amide bonds. The van der Waals surface area contributed by atoms with Crippen molar-refractivity contribution >= 4 is 5.97 Å². The Morgan fingerprint density at radius 1 is 0.968 bits per heavy atom. The maximum absolute atomic E-state index is 13.2. The Balaban J connectivity index is 1.96. The minimum Gasteiger partial charge on any atom is -0.478 e. The smallest absolute Gasteiger partial charge is 0.416 e. The average Bonchev–Trinajstić information content (AvgIpc) is 2.64. The molecule has 0 aliphatic heterocycles. The molecule has 2 aromatic rings. The van der Waals surface area contributed by atoms with Crippen molar-refractivity contribution in [3.8, 4) is 5.75 Å². The lowest BCUT2D eigenvalue weighted by molar-refractivity contribution is -0.152. The van der Waals surface area contributed by atoms with E-state index in [1.165, 1.54) is 13.8 Å². The van der Waals surface area contributed by atoms with Crippen molar-refractivity contribution in [2.45, 2.75) is 44.8 Å². The van der Waals surface area contributed by atoms with Crippen LogP contribution in [0.5, 0.6) is 5.75 Å². The van der Waals surface area contributed by atoms with Gasteiger partial charge in [-0.15, -0.1) is 0 Å². The van der Waals surface area contributed by atoms with E-state index in [0.717, 1.165) is 11.6 Å². The SMILES string of the molecule is CC(C)(Oc1ccc(CCNCc2ccc(C(F)(F)F)cc2C(F)(F)F)cc1)C(=O)O. The Labute approximate surface area is 174 Å². The number of nitrogens with one attached hydrogen (secondary N) is 1. The monoisotopic (exact) mass is 449 g/mol. The quantitative estimate of drug-likeness (QED) is 0.424. The number of carboxylic acid groups (broad SMARTS) is 1. The van der Waals surface area contributed by atoms with Crippen molar-refractivity contribution < 1.29 is 41.0 Å². The van der Waals surface area contributed by atoms with E-state index < -0.39 is 35.0 Å². The number of carboxylic acids is 1. The van der Waals surface area contributed by atoms with Crippen LogP contribution in [0.3, 0.4) is 0 Å². The standard InChI is InChI=1S/C21H21F6NO3/c1-19(2,18(29)30)31-16-7-3-13(4-8-16)9-10-28-12-14-5-6-15(20(22,23)24)11-17(14)21(25,26)27/h3-8,11,28H,9-10,12H2,1-2H3,(H,29,30). The highest BCUT2D eigenvalue weighted by atomic mass is 19.4. The molecule has 0 saturated heterocycles. The van der Waals surface area contributed by atoms with Crippen LogP contribution in [0.15, 0.2) is 42.5 Å². The van der Waals surface area contributed by atoms with E-state index in [1.807, 2.05) is 0 Å². The first kappa shape index (κ1) is 24.5. The van der Waals surface area contributed by atoms with E-state index in [9.17, 15) is 31.1 Å². The number of alkyl halides is 6. The molecule has 0 radical (unpaired) electrons. The van der Waals surface area contributed by atoms with Gasteiger partial charge in [-0.2, -0.15) is 26.3 Å². The van der Waals surface area contributed by atoms with Crippen molar-refractivity contribution in [2.75, 3.05) is 6.54 Å². The molecule has 4 nitrogen and oxygen atoms in total. The lowest BCUT2D eigenvalue weighted by Gasteiger charge is -2.21. The van der Waals surface area contributed by atoms with Crippen molar-refractivity contribution in [3.63, 3.8) is 0 Å². The summed E-state index contributed by atoms with van der Waals surface area (Å²) in [4.78, 5) is 11.1. The van der Waals surface area contributed by atoms with Gasteiger partial charge < -0.3 is 15.2 Å². The van der Waals surface area contributed by atoms with Gasteiger partial charge in [0.05, 0.1) is 11.1 Å². The molecule has 0 aromatic heterocycles. The zero-order valence-electron chi connectivity index (χ0n) is 16.7. The average molecular weight is 449 g/mol. The van der Waals surface area contributed by atoms with Gasteiger partial charge in [0.1, 0.15) is 5.75 Å². The summed E-state index contributed by atoms with van der Waals surface area (Å²) in [5.41, 5.74) is -3.54. The normalized spacial score (nSPS) is 12.6. The van der Waals surface area contributed by atoms with Gasteiger partial charge in [-0.05, 0) is 62.2 Å².